The molecule has 0 aliphatic carbocycles. The molecule has 74 valence electrons. The molecule has 0 radical (unpaired) electrons. The molecular formula is C10H14N4. The van der Waals surface area contributed by atoms with Gasteiger partial charge in [-0.15, -0.1) is 0 Å². The van der Waals surface area contributed by atoms with Crippen LogP contribution in [-0.2, 0) is 13.1 Å². The Bertz CT molecular complexity index is 391. The van der Waals surface area contributed by atoms with Crippen molar-refractivity contribution in [3.63, 3.8) is 0 Å². The van der Waals surface area contributed by atoms with Crippen LogP contribution in [0.2, 0.25) is 0 Å². The summed E-state index contributed by atoms with van der Waals surface area (Å²) in [5.74, 6) is 0.713. The van der Waals surface area contributed by atoms with Crippen molar-refractivity contribution in [2.45, 2.75) is 26.9 Å². The minimum atomic E-state index is 0.713. The lowest BCUT2D eigenvalue weighted by Crippen LogP contribution is -2.01. The lowest BCUT2D eigenvalue weighted by Gasteiger charge is -2.03. The number of allylic oxidation sites excluding steroid dienone is 1. The van der Waals surface area contributed by atoms with Crippen LogP contribution >= 0.6 is 0 Å². The first-order valence-electron chi connectivity index (χ1n) is 4.67. The predicted molar refractivity (Wildman–Crippen MR) is 55.2 cm³/mol. The molecule has 0 aromatic carbocycles. The first kappa shape index (κ1) is 9.15. The number of hydrogen-bond acceptors (Lipinski definition) is 4. The highest BCUT2D eigenvalue weighted by Gasteiger charge is 2.15. The summed E-state index contributed by atoms with van der Waals surface area (Å²) in [6, 6.07) is 0. The molecule has 4 heteroatoms. The first-order valence-corrected chi connectivity index (χ1v) is 4.67. The molecule has 14 heavy (non-hydrogen) atoms. The van der Waals surface area contributed by atoms with E-state index in [-0.39, 0.29) is 0 Å². The molecule has 0 spiro atoms. The average molecular weight is 190 g/mol. The highest BCUT2D eigenvalue weighted by molar-refractivity contribution is 5.45. The van der Waals surface area contributed by atoms with Gasteiger partial charge in [0.15, 0.2) is 5.82 Å². The number of nitrogens with one attached hydrogen (secondary N) is 1. The standard InChI is InChI=1S/C10H14N4/c1-6(11)3-10-13-7(2)8-4-12-5-9(8)14-10/h3,12H,4-5,11H2,1-2H3/b6-3-. The van der Waals surface area contributed by atoms with Gasteiger partial charge in [-0.1, -0.05) is 0 Å². The normalized spacial score (nSPS) is 15.7. The summed E-state index contributed by atoms with van der Waals surface area (Å²) in [7, 11) is 0. The van der Waals surface area contributed by atoms with Crippen molar-refractivity contribution in [3.05, 3.63) is 28.5 Å². The van der Waals surface area contributed by atoms with Crippen molar-refractivity contribution >= 4 is 6.08 Å². The van der Waals surface area contributed by atoms with Gasteiger partial charge in [0, 0.05) is 36.1 Å². The predicted octanol–water partition coefficient (Wildman–Crippen LogP) is 0.708. The fourth-order valence-corrected chi connectivity index (χ4v) is 1.63. The van der Waals surface area contributed by atoms with E-state index in [2.05, 4.69) is 15.3 Å². The van der Waals surface area contributed by atoms with Crippen molar-refractivity contribution in [2.75, 3.05) is 0 Å². The van der Waals surface area contributed by atoms with Gasteiger partial charge in [-0.05, 0) is 13.8 Å². The molecular weight excluding hydrogens is 176 g/mol. The van der Waals surface area contributed by atoms with Gasteiger partial charge in [0.1, 0.15) is 0 Å². The Kier molecular flexibility index (Phi) is 2.21. The zero-order valence-corrected chi connectivity index (χ0v) is 8.46. The number of nitrogens with two attached hydrogens (primary N) is 1. The minimum absolute atomic E-state index is 0.713. The van der Waals surface area contributed by atoms with Gasteiger partial charge in [-0.3, -0.25) is 0 Å². The lowest BCUT2D eigenvalue weighted by molar-refractivity contribution is 0.756. The molecule has 0 saturated carbocycles. The number of rotatable bonds is 1. The Hall–Kier alpha value is -1.42. The molecule has 3 N–H and O–H groups in total. The second-order valence-electron chi connectivity index (χ2n) is 3.58. The third-order valence-electron chi connectivity index (χ3n) is 2.27. The van der Waals surface area contributed by atoms with Crippen molar-refractivity contribution in [3.8, 4) is 0 Å². The summed E-state index contributed by atoms with van der Waals surface area (Å²) in [5.41, 5.74) is 9.70. The van der Waals surface area contributed by atoms with E-state index >= 15 is 0 Å². The molecule has 0 saturated heterocycles. The fraction of sp³-hybridized carbons (Fsp3) is 0.400. The summed E-state index contributed by atoms with van der Waals surface area (Å²) < 4.78 is 0. The summed E-state index contributed by atoms with van der Waals surface area (Å²) >= 11 is 0. The van der Waals surface area contributed by atoms with Crippen LogP contribution in [0.25, 0.3) is 6.08 Å². The molecule has 0 bridgehead atoms. The van der Waals surface area contributed by atoms with E-state index in [1.165, 1.54) is 5.56 Å². The maximum atomic E-state index is 5.59. The van der Waals surface area contributed by atoms with Crippen LogP contribution in [0.5, 0.6) is 0 Å². The van der Waals surface area contributed by atoms with E-state index < -0.39 is 0 Å². The number of hydrogen-bond donors (Lipinski definition) is 2. The van der Waals surface area contributed by atoms with Gasteiger partial charge in [0.2, 0.25) is 0 Å². The fourth-order valence-electron chi connectivity index (χ4n) is 1.63. The zero-order chi connectivity index (χ0) is 10.1. The molecule has 4 nitrogen and oxygen atoms in total. The Balaban J connectivity index is 2.47. The van der Waals surface area contributed by atoms with Crippen molar-refractivity contribution in [1.82, 2.24) is 15.3 Å². The number of fused-ring (bicyclic) bond motifs is 1. The van der Waals surface area contributed by atoms with Gasteiger partial charge in [-0.2, -0.15) is 0 Å². The van der Waals surface area contributed by atoms with Crippen molar-refractivity contribution < 1.29 is 0 Å². The van der Waals surface area contributed by atoms with Crippen LogP contribution in [0.3, 0.4) is 0 Å². The second kappa shape index (κ2) is 3.38. The third kappa shape index (κ3) is 1.61. The maximum Gasteiger partial charge on any atom is 0.154 e. The van der Waals surface area contributed by atoms with Gasteiger partial charge < -0.3 is 11.1 Å². The Morgan fingerprint density at radius 2 is 2.21 bits per heavy atom. The van der Waals surface area contributed by atoms with Crippen LogP contribution < -0.4 is 11.1 Å². The topological polar surface area (TPSA) is 63.8 Å². The molecule has 0 fully saturated rings. The first-order chi connectivity index (χ1) is 6.66. The average Bonchev–Trinajstić information content (AvgIpc) is 2.50. The summed E-state index contributed by atoms with van der Waals surface area (Å²) in [6.45, 7) is 5.57. The Morgan fingerprint density at radius 1 is 1.43 bits per heavy atom. The highest BCUT2D eigenvalue weighted by Crippen LogP contribution is 2.16. The van der Waals surface area contributed by atoms with E-state index in [1.807, 2.05) is 13.8 Å². The second-order valence-corrected chi connectivity index (χ2v) is 3.58. The van der Waals surface area contributed by atoms with E-state index in [1.54, 1.807) is 6.08 Å². The molecule has 2 heterocycles. The smallest absolute Gasteiger partial charge is 0.154 e. The molecule has 0 amide bonds. The van der Waals surface area contributed by atoms with E-state index in [9.17, 15) is 0 Å². The Labute approximate surface area is 83.3 Å². The monoisotopic (exact) mass is 190 g/mol. The molecule has 1 aliphatic heterocycles. The quantitative estimate of drug-likeness (QED) is 0.684. The van der Waals surface area contributed by atoms with Gasteiger partial charge in [0.05, 0.1) is 5.69 Å². The molecule has 0 atom stereocenters. The van der Waals surface area contributed by atoms with E-state index in [0.717, 1.165) is 30.2 Å². The van der Waals surface area contributed by atoms with E-state index in [0.29, 0.717) is 5.82 Å². The number of aryl methyl sites for hydroxylation is 1. The third-order valence-corrected chi connectivity index (χ3v) is 2.27. The molecule has 1 aromatic heterocycles. The van der Waals surface area contributed by atoms with Crippen LogP contribution in [0.4, 0.5) is 0 Å². The van der Waals surface area contributed by atoms with E-state index in [4.69, 9.17) is 5.73 Å². The SMILES string of the molecule is C/C(N)=C/c1nc(C)c2c(n1)CNC2. The van der Waals surface area contributed by atoms with Gasteiger partial charge >= 0.3 is 0 Å². The molecule has 1 aromatic rings. The maximum absolute atomic E-state index is 5.59. The highest BCUT2D eigenvalue weighted by atomic mass is 15.0. The minimum Gasteiger partial charge on any atom is -0.402 e. The van der Waals surface area contributed by atoms with Crippen molar-refractivity contribution in [2.24, 2.45) is 5.73 Å². The summed E-state index contributed by atoms with van der Waals surface area (Å²) in [5, 5.41) is 3.25. The zero-order valence-electron chi connectivity index (χ0n) is 8.46. The Morgan fingerprint density at radius 3 is 2.93 bits per heavy atom. The largest absolute Gasteiger partial charge is 0.402 e. The molecule has 1 aliphatic rings. The lowest BCUT2D eigenvalue weighted by atomic mass is 10.2. The summed E-state index contributed by atoms with van der Waals surface area (Å²) in [4.78, 5) is 8.80. The van der Waals surface area contributed by atoms with Gasteiger partial charge in [-0.25, -0.2) is 9.97 Å². The molecule has 0 unspecified atom stereocenters. The number of aromatic nitrogens is 2. The van der Waals surface area contributed by atoms with Crippen LogP contribution in [0.15, 0.2) is 5.70 Å². The van der Waals surface area contributed by atoms with Crippen LogP contribution in [0.1, 0.15) is 29.7 Å². The van der Waals surface area contributed by atoms with Crippen molar-refractivity contribution in [1.29, 1.82) is 0 Å². The van der Waals surface area contributed by atoms with Crippen LogP contribution in [-0.4, -0.2) is 9.97 Å². The summed E-state index contributed by atoms with van der Waals surface area (Å²) in [6.07, 6.45) is 1.80. The van der Waals surface area contributed by atoms with Crippen LogP contribution in [0, 0.1) is 6.92 Å². The van der Waals surface area contributed by atoms with Gasteiger partial charge in [0.25, 0.3) is 0 Å². The molecule has 2 rings (SSSR count). The number of nitrogens with zero attached hydrogens (tertiary/aromatic N) is 2.